The third-order valence-electron chi connectivity index (χ3n) is 4.29. The highest BCUT2D eigenvalue weighted by molar-refractivity contribution is 7.92. The Bertz CT molecular complexity index is 1140. The molecule has 1 amide bonds. The molecule has 1 aromatic heterocycles. The van der Waals surface area contributed by atoms with Crippen LogP contribution < -0.4 is 27.5 Å². The summed E-state index contributed by atoms with van der Waals surface area (Å²) in [5.41, 5.74) is 15.7. The van der Waals surface area contributed by atoms with Crippen molar-refractivity contribution in [2.24, 2.45) is 22.4 Å². The van der Waals surface area contributed by atoms with Gasteiger partial charge in [0.05, 0.1) is 4.90 Å². The maximum atomic E-state index is 13.1. The first-order chi connectivity index (χ1) is 14.0. The summed E-state index contributed by atoms with van der Waals surface area (Å²) < 4.78 is 28.8. The molecule has 12 heteroatoms. The maximum absolute atomic E-state index is 13.1. The van der Waals surface area contributed by atoms with Crippen LogP contribution in [0, 0.1) is 13.8 Å². The van der Waals surface area contributed by atoms with Gasteiger partial charge in [0.25, 0.3) is 15.6 Å². The van der Waals surface area contributed by atoms with Gasteiger partial charge in [-0.25, -0.2) is 8.42 Å². The molecule has 0 fully saturated rings. The third kappa shape index (κ3) is 4.89. The number of aryl methyl sites for hydroxylation is 2. The van der Waals surface area contributed by atoms with Gasteiger partial charge in [0.2, 0.25) is 11.9 Å². The number of hydrogen-bond acceptors (Lipinski definition) is 6. The number of benzene rings is 1. The molecule has 162 valence electrons. The number of pyridine rings is 1. The van der Waals surface area contributed by atoms with E-state index < -0.39 is 33.6 Å². The van der Waals surface area contributed by atoms with E-state index in [2.05, 4.69) is 9.88 Å². The summed E-state index contributed by atoms with van der Waals surface area (Å²) in [6.07, 6.45) is -1.02. The van der Waals surface area contributed by atoms with Gasteiger partial charge in [0, 0.05) is 5.69 Å². The Morgan fingerprint density at radius 2 is 1.77 bits per heavy atom. The van der Waals surface area contributed by atoms with Gasteiger partial charge >= 0.3 is 0 Å². The molecule has 2 rings (SSSR count). The highest BCUT2D eigenvalue weighted by Crippen LogP contribution is 2.20. The molecule has 0 saturated carbocycles. The number of carbonyl (C=O) groups is 1. The van der Waals surface area contributed by atoms with Crippen LogP contribution in [0.2, 0.25) is 0 Å². The summed E-state index contributed by atoms with van der Waals surface area (Å²) in [6, 6.07) is 7.80. The molecule has 0 saturated heterocycles. The van der Waals surface area contributed by atoms with E-state index in [1.807, 2.05) is 0 Å². The SMILES string of the molecule is Cc1ccccc1S(=O)(=O)Nc1ccc(C)n(C(C(N)=O)C(C)ON=C(N)N)c1=O. The number of hydrogen-bond donors (Lipinski definition) is 4. The summed E-state index contributed by atoms with van der Waals surface area (Å²) in [6.45, 7) is 4.63. The quantitative estimate of drug-likeness (QED) is 0.252. The van der Waals surface area contributed by atoms with Crippen LogP contribution in [0.4, 0.5) is 5.69 Å². The molecule has 1 aromatic carbocycles. The van der Waals surface area contributed by atoms with Crippen molar-refractivity contribution in [2.45, 2.75) is 37.8 Å². The Hall–Kier alpha value is -3.54. The second kappa shape index (κ2) is 8.86. The van der Waals surface area contributed by atoms with Crippen molar-refractivity contribution in [2.75, 3.05) is 4.72 Å². The highest BCUT2D eigenvalue weighted by Gasteiger charge is 2.30. The molecule has 2 aromatic rings. The predicted octanol–water partition coefficient (Wildman–Crippen LogP) is -0.114. The lowest BCUT2D eigenvalue weighted by Gasteiger charge is -2.24. The number of sulfonamides is 1. The Labute approximate surface area is 173 Å². The number of nitrogens with two attached hydrogens (primary N) is 3. The average Bonchev–Trinajstić information content (AvgIpc) is 2.65. The van der Waals surface area contributed by atoms with Crippen molar-refractivity contribution in [3.63, 3.8) is 0 Å². The van der Waals surface area contributed by atoms with Crippen LogP contribution in [-0.4, -0.2) is 31.0 Å². The molecule has 0 aliphatic carbocycles. The lowest BCUT2D eigenvalue weighted by molar-refractivity contribution is -0.125. The maximum Gasteiger partial charge on any atom is 0.275 e. The van der Waals surface area contributed by atoms with Crippen LogP contribution in [0.1, 0.15) is 24.2 Å². The van der Waals surface area contributed by atoms with Crippen molar-refractivity contribution >= 4 is 27.6 Å². The molecule has 7 N–H and O–H groups in total. The first-order valence-corrected chi connectivity index (χ1v) is 10.3. The minimum absolute atomic E-state index is 0.0208. The molecule has 0 aliphatic rings. The third-order valence-corrected chi connectivity index (χ3v) is 5.81. The fraction of sp³-hybridized carbons (Fsp3) is 0.278. The van der Waals surface area contributed by atoms with Crippen molar-refractivity contribution in [3.8, 4) is 0 Å². The van der Waals surface area contributed by atoms with Crippen LogP contribution in [0.25, 0.3) is 0 Å². The number of carbonyl (C=O) groups excluding carboxylic acids is 1. The van der Waals surface area contributed by atoms with Gasteiger partial charge in [0.1, 0.15) is 5.69 Å². The summed E-state index contributed by atoms with van der Waals surface area (Å²) in [5, 5.41) is 3.38. The zero-order valence-corrected chi connectivity index (χ0v) is 17.5. The number of anilines is 1. The summed E-state index contributed by atoms with van der Waals surface area (Å²) in [5.74, 6) is -1.27. The van der Waals surface area contributed by atoms with E-state index in [4.69, 9.17) is 22.0 Å². The molecule has 1 heterocycles. The van der Waals surface area contributed by atoms with Gasteiger partial charge in [-0.3, -0.25) is 18.9 Å². The first kappa shape index (κ1) is 22.7. The van der Waals surface area contributed by atoms with Crippen LogP contribution in [0.15, 0.2) is 51.2 Å². The summed E-state index contributed by atoms with van der Waals surface area (Å²) in [7, 11) is -4.05. The predicted molar refractivity (Wildman–Crippen MR) is 112 cm³/mol. The van der Waals surface area contributed by atoms with Gasteiger partial charge in [-0.15, -0.1) is 0 Å². The molecular weight excluding hydrogens is 412 g/mol. The second-order valence-corrected chi connectivity index (χ2v) is 8.26. The van der Waals surface area contributed by atoms with Crippen molar-refractivity contribution in [1.82, 2.24) is 4.57 Å². The van der Waals surface area contributed by atoms with E-state index in [0.29, 0.717) is 11.3 Å². The van der Waals surface area contributed by atoms with E-state index >= 15 is 0 Å². The minimum Gasteiger partial charge on any atom is -0.387 e. The van der Waals surface area contributed by atoms with Gasteiger partial charge in [-0.05, 0) is 49.7 Å². The molecule has 30 heavy (non-hydrogen) atoms. The molecule has 0 radical (unpaired) electrons. The molecule has 0 bridgehead atoms. The van der Waals surface area contributed by atoms with E-state index in [-0.39, 0.29) is 16.5 Å². The Morgan fingerprint density at radius 3 is 2.33 bits per heavy atom. The summed E-state index contributed by atoms with van der Waals surface area (Å²) >= 11 is 0. The van der Waals surface area contributed by atoms with Gasteiger partial charge in [-0.1, -0.05) is 18.2 Å². The van der Waals surface area contributed by atoms with Crippen molar-refractivity contribution in [3.05, 3.63) is 58.0 Å². The van der Waals surface area contributed by atoms with Crippen molar-refractivity contribution < 1.29 is 18.0 Å². The topological polar surface area (TPSA) is 185 Å². The standard InChI is InChI=1S/C18H24N6O5S/c1-10-6-4-5-7-14(10)30(27,28)23-13-9-8-11(2)24(17(13)26)15(16(19)25)12(3)29-22-18(20)21/h4-9,12,15,23H,1-3H3,(H2,19,25)(H4,20,21,22). The number of amides is 1. The first-order valence-electron chi connectivity index (χ1n) is 8.80. The minimum atomic E-state index is -4.05. The van der Waals surface area contributed by atoms with E-state index in [1.165, 1.54) is 25.1 Å². The van der Waals surface area contributed by atoms with Gasteiger partial charge in [-0.2, -0.15) is 0 Å². The van der Waals surface area contributed by atoms with Crippen molar-refractivity contribution in [1.29, 1.82) is 0 Å². The second-order valence-electron chi connectivity index (χ2n) is 6.61. The Kier molecular flexibility index (Phi) is 6.72. The van der Waals surface area contributed by atoms with Crippen LogP contribution >= 0.6 is 0 Å². The average molecular weight is 436 g/mol. The van der Waals surface area contributed by atoms with Crippen LogP contribution in [-0.2, 0) is 19.7 Å². The number of aromatic nitrogens is 1. The zero-order chi connectivity index (χ0) is 22.6. The van der Waals surface area contributed by atoms with E-state index in [9.17, 15) is 18.0 Å². The fourth-order valence-electron chi connectivity index (χ4n) is 2.90. The van der Waals surface area contributed by atoms with Gasteiger partial charge in [0.15, 0.2) is 12.1 Å². The number of rotatable bonds is 8. The lowest BCUT2D eigenvalue weighted by atomic mass is 10.1. The van der Waals surface area contributed by atoms with Gasteiger partial charge < -0.3 is 22.0 Å². The molecule has 0 aliphatic heterocycles. The van der Waals surface area contributed by atoms with Crippen LogP contribution in [0.5, 0.6) is 0 Å². The number of oxime groups is 1. The Balaban J connectivity index is 2.53. The van der Waals surface area contributed by atoms with E-state index in [1.54, 1.807) is 32.0 Å². The monoisotopic (exact) mass is 436 g/mol. The summed E-state index contributed by atoms with van der Waals surface area (Å²) in [4.78, 5) is 30.2. The Morgan fingerprint density at radius 1 is 1.13 bits per heavy atom. The molecule has 0 spiro atoms. The highest BCUT2D eigenvalue weighted by atomic mass is 32.2. The lowest BCUT2D eigenvalue weighted by Crippen LogP contribution is -2.42. The number of nitrogens with zero attached hydrogens (tertiary/aromatic N) is 2. The zero-order valence-electron chi connectivity index (χ0n) is 16.7. The molecular formula is C18H24N6O5S. The molecule has 2 atom stereocenters. The number of guanidine groups is 1. The molecule has 11 nitrogen and oxygen atoms in total. The number of primary amides is 1. The normalized spacial score (nSPS) is 13.2. The fourth-order valence-corrected chi connectivity index (χ4v) is 4.20. The largest absolute Gasteiger partial charge is 0.387 e. The van der Waals surface area contributed by atoms with Crippen LogP contribution in [0.3, 0.4) is 0 Å². The number of nitrogens with one attached hydrogen (secondary N) is 1. The molecule has 2 unspecified atom stereocenters. The van der Waals surface area contributed by atoms with E-state index in [0.717, 1.165) is 4.57 Å². The smallest absolute Gasteiger partial charge is 0.275 e.